The SMILES string of the molecule is C=C\C=C/C(=C\C)C(/C=C)=C(OS(=O)(=O)C(F)(F)F)/C(=C\C)c1ccccc1. The van der Waals surface area contributed by atoms with Crippen molar-refractivity contribution in [2.24, 2.45) is 0 Å². The largest absolute Gasteiger partial charge is 0.534 e. The van der Waals surface area contributed by atoms with Gasteiger partial charge in [0, 0.05) is 11.1 Å². The minimum atomic E-state index is -5.90. The summed E-state index contributed by atoms with van der Waals surface area (Å²) in [5.41, 5.74) is -4.41. The summed E-state index contributed by atoms with van der Waals surface area (Å²) in [7, 11) is -5.90. The molecule has 0 spiro atoms. The lowest BCUT2D eigenvalue weighted by Crippen LogP contribution is -2.26. The zero-order valence-corrected chi connectivity index (χ0v) is 16.3. The van der Waals surface area contributed by atoms with Crippen LogP contribution in [0.2, 0.25) is 0 Å². The van der Waals surface area contributed by atoms with Gasteiger partial charge >= 0.3 is 15.6 Å². The number of hydrogen-bond donors (Lipinski definition) is 0. The number of benzene rings is 1. The van der Waals surface area contributed by atoms with E-state index < -0.39 is 21.4 Å². The molecule has 0 saturated carbocycles. The van der Waals surface area contributed by atoms with Gasteiger partial charge in [-0.3, -0.25) is 0 Å². The molecule has 0 aliphatic carbocycles. The van der Waals surface area contributed by atoms with Crippen LogP contribution in [-0.4, -0.2) is 13.9 Å². The fraction of sp³-hybridized carbons (Fsp3) is 0.143. The number of hydrogen-bond acceptors (Lipinski definition) is 3. The summed E-state index contributed by atoms with van der Waals surface area (Å²) in [5, 5.41) is 0. The normalized spacial score (nSPS) is 14.6. The van der Waals surface area contributed by atoms with Crippen LogP contribution in [0.4, 0.5) is 13.2 Å². The fourth-order valence-corrected chi connectivity index (χ4v) is 2.79. The van der Waals surface area contributed by atoms with Crippen molar-refractivity contribution < 1.29 is 25.8 Å². The molecule has 0 aliphatic rings. The highest BCUT2D eigenvalue weighted by Gasteiger charge is 2.49. The van der Waals surface area contributed by atoms with Crippen LogP contribution in [0, 0.1) is 0 Å². The van der Waals surface area contributed by atoms with Crippen molar-refractivity contribution in [2.75, 3.05) is 0 Å². The summed E-state index contributed by atoms with van der Waals surface area (Å²) in [6, 6.07) is 8.35. The van der Waals surface area contributed by atoms with E-state index >= 15 is 0 Å². The standard InChI is InChI=1S/C21H21F3O3S/c1-5-9-13-16(6-2)18(7-3)20(27-28(25,26)21(22,23)24)19(8-4)17-14-11-10-12-15-17/h5-15H,1,3H2,2,4H3/b13-9-,16-6+,19-8-,20-18-. The lowest BCUT2D eigenvalue weighted by molar-refractivity contribution is -0.0519. The Bertz CT molecular complexity index is 933. The zero-order chi connectivity index (χ0) is 21.4. The average Bonchev–Trinajstić information content (AvgIpc) is 2.65. The molecule has 0 atom stereocenters. The molecule has 150 valence electrons. The number of alkyl halides is 3. The van der Waals surface area contributed by atoms with E-state index in [1.165, 1.54) is 18.2 Å². The molecule has 7 heteroatoms. The van der Waals surface area contributed by atoms with Gasteiger partial charge in [0.15, 0.2) is 5.76 Å². The molecule has 1 aromatic carbocycles. The van der Waals surface area contributed by atoms with Gasteiger partial charge in [-0.1, -0.05) is 79.9 Å². The first-order valence-corrected chi connectivity index (χ1v) is 9.59. The van der Waals surface area contributed by atoms with Crippen LogP contribution >= 0.6 is 0 Å². The van der Waals surface area contributed by atoms with Gasteiger partial charge in [0.2, 0.25) is 0 Å². The molecule has 0 aliphatic heterocycles. The molecule has 0 saturated heterocycles. The van der Waals surface area contributed by atoms with Gasteiger partial charge in [0.05, 0.1) is 0 Å². The van der Waals surface area contributed by atoms with E-state index in [1.807, 2.05) is 0 Å². The van der Waals surface area contributed by atoms with Crippen LogP contribution in [0.3, 0.4) is 0 Å². The molecule has 0 N–H and O–H groups in total. The summed E-state index contributed by atoms with van der Waals surface area (Å²) in [6.07, 6.45) is 8.92. The first-order valence-electron chi connectivity index (χ1n) is 8.18. The number of allylic oxidation sites excluding steroid dienone is 9. The second-order valence-electron chi connectivity index (χ2n) is 5.34. The predicted octanol–water partition coefficient (Wildman–Crippen LogP) is 6.08. The van der Waals surface area contributed by atoms with Gasteiger partial charge in [-0.05, 0) is 25.0 Å². The van der Waals surface area contributed by atoms with Crippen molar-refractivity contribution in [1.82, 2.24) is 0 Å². The van der Waals surface area contributed by atoms with Crippen LogP contribution in [0.1, 0.15) is 19.4 Å². The molecule has 0 fully saturated rings. The second-order valence-corrected chi connectivity index (χ2v) is 6.88. The van der Waals surface area contributed by atoms with Crippen molar-refractivity contribution in [2.45, 2.75) is 19.4 Å². The van der Waals surface area contributed by atoms with Gasteiger partial charge in [-0.25, -0.2) is 0 Å². The molecule has 0 heterocycles. The lowest BCUT2D eigenvalue weighted by Gasteiger charge is -2.19. The van der Waals surface area contributed by atoms with E-state index in [9.17, 15) is 21.6 Å². The van der Waals surface area contributed by atoms with Crippen LogP contribution < -0.4 is 0 Å². The van der Waals surface area contributed by atoms with Crippen molar-refractivity contribution in [3.63, 3.8) is 0 Å². The Labute approximate surface area is 163 Å². The van der Waals surface area contributed by atoms with Gasteiger partial charge in [0.25, 0.3) is 0 Å². The van der Waals surface area contributed by atoms with Crippen LogP contribution in [-0.2, 0) is 14.3 Å². The first-order chi connectivity index (χ1) is 13.1. The molecule has 0 radical (unpaired) electrons. The predicted molar refractivity (Wildman–Crippen MR) is 106 cm³/mol. The van der Waals surface area contributed by atoms with Gasteiger partial charge < -0.3 is 4.18 Å². The van der Waals surface area contributed by atoms with Crippen molar-refractivity contribution in [1.29, 1.82) is 0 Å². The second kappa shape index (κ2) is 9.94. The summed E-state index contributed by atoms with van der Waals surface area (Å²) in [5.74, 6) is -0.470. The first kappa shape index (κ1) is 23.2. The Kier molecular flexibility index (Phi) is 8.25. The van der Waals surface area contributed by atoms with E-state index in [2.05, 4.69) is 17.3 Å². The molecular weight excluding hydrogens is 389 g/mol. The highest BCUT2D eigenvalue weighted by molar-refractivity contribution is 7.87. The molecule has 3 nitrogen and oxygen atoms in total. The molecule has 0 aromatic heterocycles. The number of halogens is 3. The Balaban J connectivity index is 3.83. The third kappa shape index (κ3) is 5.60. The Morgan fingerprint density at radius 3 is 2.11 bits per heavy atom. The van der Waals surface area contributed by atoms with Gasteiger partial charge in [-0.15, -0.1) is 0 Å². The summed E-state index contributed by atoms with van der Waals surface area (Å²) in [6.45, 7) is 10.4. The monoisotopic (exact) mass is 410 g/mol. The van der Waals surface area contributed by atoms with E-state index in [-0.39, 0.29) is 11.1 Å². The van der Waals surface area contributed by atoms with Gasteiger partial charge in [-0.2, -0.15) is 21.6 Å². The van der Waals surface area contributed by atoms with E-state index in [0.29, 0.717) is 11.1 Å². The maximum atomic E-state index is 13.0. The smallest absolute Gasteiger partial charge is 0.375 e. The van der Waals surface area contributed by atoms with Crippen LogP contribution in [0.25, 0.3) is 5.57 Å². The third-order valence-corrected chi connectivity index (χ3v) is 4.53. The van der Waals surface area contributed by atoms with Crippen molar-refractivity contribution in [3.05, 3.63) is 102 Å². The Morgan fingerprint density at radius 1 is 1.07 bits per heavy atom. The molecule has 0 bridgehead atoms. The zero-order valence-electron chi connectivity index (χ0n) is 15.5. The highest BCUT2D eigenvalue weighted by Crippen LogP contribution is 2.35. The minimum absolute atomic E-state index is 0.0883. The molecule has 1 rings (SSSR count). The number of rotatable bonds is 8. The Hall–Kier alpha value is -2.80. The summed E-state index contributed by atoms with van der Waals surface area (Å²) >= 11 is 0. The summed E-state index contributed by atoms with van der Waals surface area (Å²) in [4.78, 5) is 0. The molecule has 1 aromatic rings. The molecule has 0 amide bonds. The third-order valence-electron chi connectivity index (χ3n) is 3.58. The summed E-state index contributed by atoms with van der Waals surface area (Å²) < 4.78 is 67.1. The van der Waals surface area contributed by atoms with E-state index in [0.717, 1.165) is 0 Å². The maximum Gasteiger partial charge on any atom is 0.534 e. The van der Waals surface area contributed by atoms with E-state index in [1.54, 1.807) is 62.4 Å². The highest BCUT2D eigenvalue weighted by atomic mass is 32.2. The minimum Gasteiger partial charge on any atom is -0.375 e. The topological polar surface area (TPSA) is 43.4 Å². The van der Waals surface area contributed by atoms with Crippen molar-refractivity contribution in [3.8, 4) is 0 Å². The molecular formula is C21H21F3O3S. The Morgan fingerprint density at radius 2 is 1.68 bits per heavy atom. The van der Waals surface area contributed by atoms with Gasteiger partial charge in [0.1, 0.15) is 0 Å². The lowest BCUT2D eigenvalue weighted by atomic mass is 9.96. The quantitative estimate of drug-likeness (QED) is 0.226. The average molecular weight is 410 g/mol. The molecule has 28 heavy (non-hydrogen) atoms. The van der Waals surface area contributed by atoms with E-state index in [4.69, 9.17) is 0 Å². The fourth-order valence-electron chi connectivity index (χ4n) is 2.29. The maximum absolute atomic E-state index is 13.0. The van der Waals surface area contributed by atoms with Crippen LogP contribution in [0.15, 0.2) is 96.9 Å². The molecule has 0 unspecified atom stereocenters. The van der Waals surface area contributed by atoms with Crippen LogP contribution in [0.5, 0.6) is 0 Å². The van der Waals surface area contributed by atoms with Crippen molar-refractivity contribution >= 4 is 15.7 Å².